The Morgan fingerprint density at radius 1 is 1.50 bits per heavy atom. The number of carbonyl (C=O) groups is 1. The van der Waals surface area contributed by atoms with E-state index >= 15 is 0 Å². The van der Waals surface area contributed by atoms with Crippen molar-refractivity contribution in [2.24, 2.45) is 0 Å². The van der Waals surface area contributed by atoms with Crippen molar-refractivity contribution in [2.45, 2.75) is 19.4 Å². The number of nitrogens with zero attached hydrogens (tertiary/aromatic N) is 4. The molecule has 0 bridgehead atoms. The largest absolute Gasteiger partial charge is 0.382 e. The number of aromatic nitrogens is 3. The van der Waals surface area contributed by atoms with Crippen molar-refractivity contribution >= 4 is 23.1 Å². The molecule has 8 heteroatoms. The molecule has 116 valence electrons. The van der Waals surface area contributed by atoms with Gasteiger partial charge in [0, 0.05) is 24.3 Å². The van der Waals surface area contributed by atoms with Gasteiger partial charge in [-0.05, 0) is 6.92 Å². The third kappa shape index (κ3) is 3.23. The number of rotatable bonds is 3. The lowest BCUT2D eigenvalue weighted by Gasteiger charge is -2.32. The van der Waals surface area contributed by atoms with Gasteiger partial charge in [-0.3, -0.25) is 9.78 Å². The highest BCUT2D eigenvalue weighted by Crippen LogP contribution is 2.24. The van der Waals surface area contributed by atoms with Crippen LogP contribution in [0.15, 0.2) is 17.8 Å². The second-order valence-electron chi connectivity index (χ2n) is 5.06. The van der Waals surface area contributed by atoms with E-state index < -0.39 is 0 Å². The average Bonchev–Trinajstić information content (AvgIpc) is 2.93. The fourth-order valence-electron chi connectivity index (χ4n) is 2.41. The maximum atomic E-state index is 12.4. The molecule has 1 unspecified atom stereocenters. The van der Waals surface area contributed by atoms with Gasteiger partial charge in [-0.15, -0.1) is 11.3 Å². The standard InChI is InChI=1S/C14H17N5O2S/c1-9-18-10(8-22-9)6-12(20)19-4-5-21-11(7-19)13-14(15)17-3-2-16-13/h2-3,8,11H,4-7H2,1H3,(H2,15,17). The Morgan fingerprint density at radius 2 is 2.32 bits per heavy atom. The van der Waals surface area contributed by atoms with E-state index in [2.05, 4.69) is 15.0 Å². The topological polar surface area (TPSA) is 94.2 Å². The molecule has 0 spiro atoms. The molecule has 1 aliphatic heterocycles. The number of nitrogen functional groups attached to an aromatic ring is 1. The fourth-order valence-corrected chi connectivity index (χ4v) is 3.02. The number of hydrogen-bond acceptors (Lipinski definition) is 7. The zero-order valence-electron chi connectivity index (χ0n) is 12.2. The van der Waals surface area contributed by atoms with Crippen LogP contribution in [0.1, 0.15) is 22.5 Å². The SMILES string of the molecule is Cc1nc(CC(=O)N2CCOC(c3nccnc3N)C2)cs1. The van der Waals surface area contributed by atoms with Gasteiger partial charge < -0.3 is 15.4 Å². The van der Waals surface area contributed by atoms with E-state index in [-0.39, 0.29) is 12.0 Å². The molecule has 0 radical (unpaired) electrons. The minimum atomic E-state index is -0.330. The molecule has 1 amide bonds. The molecule has 1 atom stereocenters. The van der Waals surface area contributed by atoms with Crippen LogP contribution in [-0.4, -0.2) is 45.5 Å². The fraction of sp³-hybridized carbons (Fsp3) is 0.429. The van der Waals surface area contributed by atoms with Gasteiger partial charge in [0.05, 0.1) is 30.3 Å². The first-order valence-corrected chi connectivity index (χ1v) is 7.88. The van der Waals surface area contributed by atoms with Crippen molar-refractivity contribution in [3.8, 4) is 0 Å². The maximum absolute atomic E-state index is 12.4. The highest BCUT2D eigenvalue weighted by Gasteiger charge is 2.28. The highest BCUT2D eigenvalue weighted by molar-refractivity contribution is 7.09. The van der Waals surface area contributed by atoms with Crippen molar-refractivity contribution in [1.29, 1.82) is 0 Å². The summed E-state index contributed by atoms with van der Waals surface area (Å²) in [6.45, 7) is 3.40. The van der Waals surface area contributed by atoms with Crippen LogP contribution in [0.5, 0.6) is 0 Å². The number of carbonyl (C=O) groups excluding carboxylic acids is 1. The molecule has 2 N–H and O–H groups in total. The molecule has 1 aliphatic rings. The summed E-state index contributed by atoms with van der Waals surface area (Å²) < 4.78 is 5.69. The van der Waals surface area contributed by atoms with Crippen molar-refractivity contribution < 1.29 is 9.53 Å². The lowest BCUT2D eigenvalue weighted by atomic mass is 10.2. The van der Waals surface area contributed by atoms with Crippen LogP contribution in [0.25, 0.3) is 0 Å². The number of hydrogen-bond donors (Lipinski definition) is 1. The Labute approximate surface area is 132 Å². The average molecular weight is 319 g/mol. The van der Waals surface area contributed by atoms with E-state index in [0.717, 1.165) is 10.7 Å². The quantitative estimate of drug-likeness (QED) is 0.906. The Balaban J connectivity index is 1.67. The predicted molar refractivity (Wildman–Crippen MR) is 82.3 cm³/mol. The summed E-state index contributed by atoms with van der Waals surface area (Å²) in [5.74, 6) is 0.387. The van der Waals surface area contributed by atoms with E-state index in [4.69, 9.17) is 10.5 Å². The smallest absolute Gasteiger partial charge is 0.228 e. The van der Waals surface area contributed by atoms with Gasteiger partial charge in [0.2, 0.25) is 5.91 Å². The minimum absolute atomic E-state index is 0.0426. The molecular weight excluding hydrogens is 302 g/mol. The van der Waals surface area contributed by atoms with Crippen LogP contribution in [0.4, 0.5) is 5.82 Å². The summed E-state index contributed by atoms with van der Waals surface area (Å²) in [6, 6.07) is 0. The third-order valence-corrected chi connectivity index (χ3v) is 4.30. The van der Waals surface area contributed by atoms with Crippen molar-refractivity contribution in [1.82, 2.24) is 19.9 Å². The molecule has 0 saturated carbocycles. The Kier molecular flexibility index (Phi) is 4.30. The minimum Gasteiger partial charge on any atom is -0.382 e. The molecule has 1 fully saturated rings. The summed E-state index contributed by atoms with van der Waals surface area (Å²) in [5.41, 5.74) is 7.24. The van der Waals surface area contributed by atoms with E-state index in [1.165, 1.54) is 6.20 Å². The second kappa shape index (κ2) is 6.37. The molecule has 2 aromatic heterocycles. The summed E-state index contributed by atoms with van der Waals surface area (Å²) in [7, 11) is 0. The predicted octanol–water partition coefficient (Wildman–Crippen LogP) is 0.966. The summed E-state index contributed by atoms with van der Waals surface area (Å²) in [6.07, 6.45) is 3.10. The summed E-state index contributed by atoms with van der Waals surface area (Å²) in [4.78, 5) is 26.8. The molecule has 0 aliphatic carbocycles. The number of nitrogens with two attached hydrogens (primary N) is 1. The van der Waals surface area contributed by atoms with Crippen LogP contribution in [0.2, 0.25) is 0 Å². The first-order chi connectivity index (χ1) is 10.6. The van der Waals surface area contributed by atoms with E-state index in [1.54, 1.807) is 22.4 Å². The van der Waals surface area contributed by atoms with Crippen LogP contribution in [-0.2, 0) is 16.0 Å². The van der Waals surface area contributed by atoms with Crippen molar-refractivity contribution in [2.75, 3.05) is 25.4 Å². The molecule has 22 heavy (non-hydrogen) atoms. The van der Waals surface area contributed by atoms with Gasteiger partial charge in [-0.1, -0.05) is 0 Å². The van der Waals surface area contributed by atoms with Crippen molar-refractivity contribution in [3.05, 3.63) is 34.2 Å². The van der Waals surface area contributed by atoms with Gasteiger partial charge in [0.1, 0.15) is 17.6 Å². The first-order valence-electron chi connectivity index (χ1n) is 7.00. The molecule has 3 rings (SSSR count). The van der Waals surface area contributed by atoms with Crippen LogP contribution in [0.3, 0.4) is 0 Å². The van der Waals surface area contributed by atoms with Crippen LogP contribution < -0.4 is 5.73 Å². The molecule has 7 nitrogen and oxygen atoms in total. The summed E-state index contributed by atoms with van der Waals surface area (Å²) >= 11 is 1.55. The van der Waals surface area contributed by atoms with Gasteiger partial charge in [-0.25, -0.2) is 9.97 Å². The second-order valence-corrected chi connectivity index (χ2v) is 6.12. The lowest BCUT2D eigenvalue weighted by Crippen LogP contribution is -2.43. The number of ether oxygens (including phenoxy) is 1. The van der Waals surface area contributed by atoms with E-state index in [9.17, 15) is 4.79 Å². The van der Waals surface area contributed by atoms with Gasteiger partial charge >= 0.3 is 0 Å². The third-order valence-electron chi connectivity index (χ3n) is 3.48. The van der Waals surface area contributed by atoms with Crippen LogP contribution in [0, 0.1) is 6.92 Å². The zero-order chi connectivity index (χ0) is 15.5. The lowest BCUT2D eigenvalue weighted by molar-refractivity contribution is -0.138. The number of thiazole rings is 1. The molecular formula is C14H17N5O2S. The van der Waals surface area contributed by atoms with Gasteiger partial charge in [0.25, 0.3) is 0 Å². The zero-order valence-corrected chi connectivity index (χ0v) is 13.0. The van der Waals surface area contributed by atoms with Gasteiger partial charge in [0.15, 0.2) is 0 Å². The highest BCUT2D eigenvalue weighted by atomic mass is 32.1. The van der Waals surface area contributed by atoms with Gasteiger partial charge in [-0.2, -0.15) is 0 Å². The molecule has 1 saturated heterocycles. The molecule has 0 aromatic carbocycles. The molecule has 3 heterocycles. The van der Waals surface area contributed by atoms with E-state index in [1.807, 2.05) is 12.3 Å². The molecule has 2 aromatic rings. The normalized spacial score (nSPS) is 18.4. The first kappa shape index (κ1) is 14.9. The number of aryl methyl sites for hydroxylation is 1. The Hall–Kier alpha value is -2.06. The van der Waals surface area contributed by atoms with Crippen LogP contribution >= 0.6 is 11.3 Å². The van der Waals surface area contributed by atoms with Crippen molar-refractivity contribution in [3.63, 3.8) is 0 Å². The number of anilines is 1. The van der Waals surface area contributed by atoms with E-state index in [0.29, 0.717) is 37.6 Å². The summed E-state index contributed by atoms with van der Waals surface area (Å²) in [5, 5.41) is 2.89. The monoisotopic (exact) mass is 319 g/mol. The maximum Gasteiger partial charge on any atom is 0.228 e. The number of morpholine rings is 1. The Morgan fingerprint density at radius 3 is 3.05 bits per heavy atom. The Bertz CT molecular complexity index is 675. The number of amides is 1.